The van der Waals surface area contributed by atoms with Crippen LogP contribution >= 0.6 is 0 Å². The second-order valence-corrected chi connectivity index (χ2v) is 8.94. The van der Waals surface area contributed by atoms with Crippen LogP contribution in [0.4, 0.5) is 10.1 Å². The van der Waals surface area contributed by atoms with Crippen LogP contribution in [0.3, 0.4) is 0 Å². The molecule has 9 heteroatoms. The number of phenols is 1. The second-order valence-electron chi connectivity index (χ2n) is 8.94. The number of nitrogens with zero attached hydrogens (tertiary/aromatic N) is 2. The Balaban J connectivity index is 1.53. The summed E-state index contributed by atoms with van der Waals surface area (Å²) in [6.07, 6.45) is 0.395. The number of esters is 1. The number of rotatable bonds is 9. The summed E-state index contributed by atoms with van der Waals surface area (Å²) in [4.78, 5) is 28.6. The van der Waals surface area contributed by atoms with E-state index in [1.165, 1.54) is 25.3 Å². The van der Waals surface area contributed by atoms with Crippen LogP contribution in [0.2, 0.25) is 0 Å². The highest BCUT2D eigenvalue weighted by atomic mass is 19.1. The van der Waals surface area contributed by atoms with Crippen molar-refractivity contribution >= 4 is 22.6 Å². The third-order valence-corrected chi connectivity index (χ3v) is 6.48. The normalized spacial score (nSPS) is 14.4. The highest BCUT2D eigenvalue weighted by molar-refractivity contribution is 5.86. The number of anilines is 1. The maximum absolute atomic E-state index is 13.3. The minimum absolute atomic E-state index is 0.0295. The van der Waals surface area contributed by atoms with Crippen LogP contribution in [-0.4, -0.2) is 62.5 Å². The molecule has 2 heterocycles. The molecule has 8 nitrogen and oxygen atoms in total. The summed E-state index contributed by atoms with van der Waals surface area (Å²) in [7, 11) is 1.53. The average molecular weight is 499 g/mol. The Bertz CT molecular complexity index is 1270. The molecule has 1 fully saturated rings. The molecule has 0 bridgehead atoms. The van der Waals surface area contributed by atoms with Gasteiger partial charge in [0.05, 0.1) is 12.2 Å². The minimum atomic E-state index is -0.476. The Hall–Kier alpha value is -3.43. The standard InChI is InChI=1S/C27H31FN2O6/c1-18-15-25(32)36-27-22(18)16-19(3-8-24(31)35-14-13-34-2)26(33)23(27)17-29-9-11-30(12-10-29)21-6-4-20(28)5-7-21/h4-7,15-16,33H,3,8-14,17H2,1-2H3. The number of fused-ring (bicyclic) bond motifs is 1. The van der Waals surface area contributed by atoms with Gasteiger partial charge in [0.15, 0.2) is 0 Å². The fourth-order valence-corrected chi connectivity index (χ4v) is 4.49. The van der Waals surface area contributed by atoms with Gasteiger partial charge in [-0.1, -0.05) is 0 Å². The van der Waals surface area contributed by atoms with Gasteiger partial charge in [-0.3, -0.25) is 9.69 Å². The molecular weight excluding hydrogens is 467 g/mol. The van der Waals surface area contributed by atoms with Gasteiger partial charge >= 0.3 is 11.6 Å². The van der Waals surface area contributed by atoms with Crippen LogP contribution in [0.1, 0.15) is 23.1 Å². The van der Waals surface area contributed by atoms with E-state index in [0.717, 1.165) is 29.7 Å². The maximum Gasteiger partial charge on any atom is 0.336 e. The number of phenolic OH excluding ortho intramolecular Hbond substituents is 1. The number of ether oxygens (including phenoxy) is 2. The third-order valence-electron chi connectivity index (χ3n) is 6.48. The van der Waals surface area contributed by atoms with Crippen molar-refractivity contribution in [2.45, 2.75) is 26.3 Å². The van der Waals surface area contributed by atoms with Gasteiger partial charge in [0.1, 0.15) is 23.8 Å². The van der Waals surface area contributed by atoms with E-state index in [1.54, 1.807) is 18.2 Å². The lowest BCUT2D eigenvalue weighted by Gasteiger charge is -2.36. The van der Waals surface area contributed by atoms with Gasteiger partial charge in [0.25, 0.3) is 0 Å². The number of halogens is 1. The molecule has 1 aliphatic heterocycles. The summed E-state index contributed by atoms with van der Waals surface area (Å²) in [5.74, 6) is -0.608. The number of carbonyl (C=O) groups excluding carboxylic acids is 1. The van der Waals surface area contributed by atoms with Gasteiger partial charge in [-0.15, -0.1) is 0 Å². The zero-order valence-electron chi connectivity index (χ0n) is 20.6. The molecule has 0 unspecified atom stereocenters. The van der Waals surface area contributed by atoms with Crippen molar-refractivity contribution in [2.75, 3.05) is 51.4 Å². The number of aromatic hydroxyl groups is 1. The van der Waals surface area contributed by atoms with Crippen LogP contribution in [-0.2, 0) is 27.2 Å². The molecule has 1 aromatic heterocycles. The maximum atomic E-state index is 13.3. The highest BCUT2D eigenvalue weighted by Crippen LogP contribution is 2.34. The molecule has 1 saturated heterocycles. The Morgan fingerprint density at radius 3 is 2.53 bits per heavy atom. The predicted octanol–water partition coefficient (Wildman–Crippen LogP) is 3.39. The number of piperazine rings is 1. The number of aryl methyl sites for hydroxylation is 2. The lowest BCUT2D eigenvalue weighted by atomic mass is 9.98. The summed E-state index contributed by atoms with van der Waals surface area (Å²) in [6, 6.07) is 9.65. The first kappa shape index (κ1) is 25.7. The first-order valence-electron chi connectivity index (χ1n) is 12.0. The van der Waals surface area contributed by atoms with E-state index in [-0.39, 0.29) is 37.0 Å². The molecule has 0 amide bonds. The number of hydrogen-bond acceptors (Lipinski definition) is 8. The molecule has 0 spiro atoms. The van der Waals surface area contributed by atoms with E-state index in [1.807, 2.05) is 6.92 Å². The van der Waals surface area contributed by atoms with E-state index in [2.05, 4.69) is 9.80 Å². The number of methoxy groups -OCH3 is 1. The van der Waals surface area contributed by atoms with Crippen molar-refractivity contribution in [3.63, 3.8) is 0 Å². The predicted molar refractivity (Wildman–Crippen MR) is 134 cm³/mol. The van der Waals surface area contributed by atoms with Crippen molar-refractivity contribution < 1.29 is 28.2 Å². The van der Waals surface area contributed by atoms with Crippen molar-refractivity contribution in [3.05, 3.63) is 69.3 Å². The van der Waals surface area contributed by atoms with E-state index in [0.29, 0.717) is 43.0 Å². The molecule has 0 radical (unpaired) electrons. The van der Waals surface area contributed by atoms with Crippen LogP contribution in [0.25, 0.3) is 11.0 Å². The van der Waals surface area contributed by atoms with Crippen molar-refractivity contribution in [2.24, 2.45) is 0 Å². The summed E-state index contributed by atoms with van der Waals surface area (Å²) < 4.78 is 28.8. The first-order chi connectivity index (χ1) is 17.4. The summed E-state index contributed by atoms with van der Waals surface area (Å²) >= 11 is 0. The Morgan fingerprint density at radius 2 is 1.83 bits per heavy atom. The number of benzene rings is 2. The van der Waals surface area contributed by atoms with Gasteiger partial charge in [-0.25, -0.2) is 9.18 Å². The van der Waals surface area contributed by atoms with Crippen LogP contribution in [0.15, 0.2) is 45.6 Å². The number of hydrogen-bond donors (Lipinski definition) is 1. The topological polar surface area (TPSA) is 92.5 Å². The zero-order valence-corrected chi connectivity index (χ0v) is 20.6. The molecule has 1 N–H and O–H groups in total. The van der Waals surface area contributed by atoms with Gasteiger partial charge in [-0.05, 0) is 54.8 Å². The molecule has 1 aliphatic rings. The quantitative estimate of drug-likeness (QED) is 0.273. The van der Waals surface area contributed by atoms with Crippen LogP contribution in [0, 0.1) is 12.7 Å². The Morgan fingerprint density at radius 1 is 1.11 bits per heavy atom. The van der Waals surface area contributed by atoms with Crippen LogP contribution < -0.4 is 10.5 Å². The summed E-state index contributed by atoms with van der Waals surface area (Å²) in [5.41, 5.74) is 2.73. The Labute approximate surface area is 208 Å². The molecule has 0 aliphatic carbocycles. The molecule has 0 atom stereocenters. The molecule has 2 aromatic carbocycles. The first-order valence-corrected chi connectivity index (χ1v) is 12.0. The van der Waals surface area contributed by atoms with Gasteiger partial charge in [0.2, 0.25) is 0 Å². The smallest absolute Gasteiger partial charge is 0.336 e. The van der Waals surface area contributed by atoms with Gasteiger partial charge in [-0.2, -0.15) is 0 Å². The summed E-state index contributed by atoms with van der Waals surface area (Å²) in [6.45, 7) is 5.61. The molecule has 0 saturated carbocycles. The molecular formula is C27H31FN2O6. The monoisotopic (exact) mass is 498 g/mol. The van der Waals surface area contributed by atoms with Gasteiger partial charge < -0.3 is 23.9 Å². The molecule has 3 aromatic rings. The van der Waals surface area contributed by atoms with Crippen molar-refractivity contribution in [3.8, 4) is 5.75 Å². The van der Waals surface area contributed by atoms with E-state index in [4.69, 9.17) is 13.9 Å². The van der Waals surface area contributed by atoms with Gasteiger partial charge in [0, 0.05) is 63.4 Å². The second kappa shape index (κ2) is 11.5. The highest BCUT2D eigenvalue weighted by Gasteiger charge is 2.23. The minimum Gasteiger partial charge on any atom is -0.507 e. The van der Waals surface area contributed by atoms with E-state index in [9.17, 15) is 19.1 Å². The summed E-state index contributed by atoms with van der Waals surface area (Å²) in [5, 5.41) is 11.9. The zero-order chi connectivity index (χ0) is 25.7. The average Bonchev–Trinajstić information content (AvgIpc) is 2.86. The molecule has 4 rings (SSSR count). The van der Waals surface area contributed by atoms with Crippen molar-refractivity contribution in [1.82, 2.24) is 4.90 Å². The Kier molecular flexibility index (Phi) is 8.22. The van der Waals surface area contributed by atoms with Crippen molar-refractivity contribution in [1.29, 1.82) is 0 Å². The van der Waals surface area contributed by atoms with E-state index < -0.39 is 5.63 Å². The fourth-order valence-electron chi connectivity index (χ4n) is 4.49. The molecule has 192 valence electrons. The SMILES string of the molecule is COCCOC(=O)CCc1cc2c(C)cc(=O)oc2c(CN2CCN(c3ccc(F)cc3)CC2)c1O. The molecule has 36 heavy (non-hydrogen) atoms. The number of carbonyl (C=O) groups is 1. The lowest BCUT2D eigenvalue weighted by Crippen LogP contribution is -2.46. The largest absolute Gasteiger partial charge is 0.507 e. The fraction of sp³-hybridized carbons (Fsp3) is 0.407. The van der Waals surface area contributed by atoms with E-state index >= 15 is 0 Å². The third kappa shape index (κ3) is 6.03. The van der Waals surface area contributed by atoms with Crippen LogP contribution in [0.5, 0.6) is 5.75 Å². The lowest BCUT2D eigenvalue weighted by molar-refractivity contribution is -0.144.